The Morgan fingerprint density at radius 2 is 2.14 bits per heavy atom. The van der Waals surface area contributed by atoms with Gasteiger partial charge in [-0.25, -0.2) is 0 Å². The summed E-state index contributed by atoms with van der Waals surface area (Å²) in [4.78, 5) is 19.2. The monoisotopic (exact) mass is 295 g/mol. The molecule has 1 aliphatic carbocycles. The molecule has 2 fully saturated rings. The van der Waals surface area contributed by atoms with E-state index in [1.807, 2.05) is 12.3 Å². The average Bonchev–Trinajstić information content (AvgIpc) is 3.19. The van der Waals surface area contributed by atoms with Gasteiger partial charge in [-0.3, -0.25) is 9.78 Å². The van der Waals surface area contributed by atoms with Crippen LogP contribution < -0.4 is 10.2 Å². The van der Waals surface area contributed by atoms with Gasteiger partial charge in [-0.15, -0.1) is 0 Å². The van der Waals surface area contributed by atoms with Crippen molar-refractivity contribution in [3.63, 3.8) is 0 Å². The summed E-state index contributed by atoms with van der Waals surface area (Å²) in [6, 6.07) is 8.75. The van der Waals surface area contributed by atoms with Crippen LogP contribution in [0.25, 0.3) is 10.9 Å². The van der Waals surface area contributed by atoms with Gasteiger partial charge in [-0.05, 0) is 50.8 Å². The van der Waals surface area contributed by atoms with Crippen LogP contribution in [0.3, 0.4) is 0 Å². The van der Waals surface area contributed by atoms with Gasteiger partial charge in [0.2, 0.25) is 5.91 Å². The number of anilines is 1. The van der Waals surface area contributed by atoms with E-state index in [4.69, 9.17) is 0 Å². The number of benzene rings is 1. The lowest BCUT2D eigenvalue weighted by Gasteiger charge is -2.27. The topological polar surface area (TPSA) is 45.2 Å². The molecule has 4 heteroatoms. The predicted molar refractivity (Wildman–Crippen MR) is 88.0 cm³/mol. The van der Waals surface area contributed by atoms with Gasteiger partial charge >= 0.3 is 0 Å². The number of carbonyl (C=O) groups excluding carboxylic acids is 1. The number of hydrogen-bond acceptors (Lipinski definition) is 3. The maximum Gasteiger partial charge on any atom is 0.242 e. The van der Waals surface area contributed by atoms with E-state index in [0.717, 1.165) is 48.8 Å². The van der Waals surface area contributed by atoms with Crippen molar-refractivity contribution in [3.05, 3.63) is 36.0 Å². The normalized spacial score (nSPS) is 21.3. The molecule has 0 bridgehead atoms. The summed E-state index contributed by atoms with van der Waals surface area (Å²) in [5.41, 5.74) is 3.36. The molecule has 0 radical (unpaired) electrons. The number of aromatic nitrogens is 1. The van der Waals surface area contributed by atoms with Crippen molar-refractivity contribution < 1.29 is 4.79 Å². The van der Waals surface area contributed by atoms with E-state index >= 15 is 0 Å². The highest BCUT2D eigenvalue weighted by Crippen LogP contribution is 2.32. The molecule has 4 rings (SSSR count). The second kappa shape index (κ2) is 5.27. The summed E-state index contributed by atoms with van der Waals surface area (Å²) in [5.74, 6) is 0.192. The summed E-state index contributed by atoms with van der Waals surface area (Å²) < 4.78 is 0. The van der Waals surface area contributed by atoms with E-state index in [2.05, 4.69) is 40.3 Å². The van der Waals surface area contributed by atoms with Crippen molar-refractivity contribution in [1.82, 2.24) is 10.3 Å². The maximum atomic E-state index is 12.5. The minimum Gasteiger partial charge on any atom is -0.359 e. The Balaban J connectivity index is 1.70. The van der Waals surface area contributed by atoms with Crippen LogP contribution in [0.15, 0.2) is 30.5 Å². The largest absolute Gasteiger partial charge is 0.359 e. The Bertz CT molecular complexity index is 723. The number of pyridine rings is 1. The number of rotatable bonds is 3. The molecule has 2 aliphatic rings. The molecule has 0 spiro atoms. The van der Waals surface area contributed by atoms with Gasteiger partial charge in [0.05, 0.1) is 5.52 Å². The van der Waals surface area contributed by atoms with E-state index in [-0.39, 0.29) is 11.9 Å². The van der Waals surface area contributed by atoms with Gasteiger partial charge in [0.1, 0.15) is 6.04 Å². The van der Waals surface area contributed by atoms with E-state index in [1.54, 1.807) is 0 Å². The van der Waals surface area contributed by atoms with Crippen molar-refractivity contribution in [2.24, 2.45) is 0 Å². The fourth-order valence-corrected chi connectivity index (χ4v) is 3.35. The van der Waals surface area contributed by atoms with Crippen LogP contribution in [0, 0.1) is 6.92 Å². The molecule has 1 saturated heterocycles. The van der Waals surface area contributed by atoms with Crippen molar-refractivity contribution in [3.8, 4) is 0 Å². The number of nitrogens with one attached hydrogen (secondary N) is 1. The Hall–Kier alpha value is -2.10. The fraction of sp³-hybridized carbons (Fsp3) is 0.444. The van der Waals surface area contributed by atoms with Gasteiger partial charge in [-0.1, -0.05) is 11.6 Å². The second-order valence-electron chi connectivity index (χ2n) is 6.48. The molecule has 1 aromatic carbocycles. The van der Waals surface area contributed by atoms with Crippen LogP contribution >= 0.6 is 0 Å². The number of carbonyl (C=O) groups is 1. The average molecular weight is 295 g/mol. The van der Waals surface area contributed by atoms with Crippen molar-refractivity contribution in [2.45, 2.75) is 44.7 Å². The Kier molecular flexibility index (Phi) is 3.25. The molecule has 1 atom stereocenters. The van der Waals surface area contributed by atoms with E-state index in [1.165, 1.54) is 5.56 Å². The lowest BCUT2D eigenvalue weighted by molar-refractivity contribution is -0.122. The molecule has 1 unspecified atom stereocenters. The number of fused-ring (bicyclic) bond motifs is 1. The molecule has 4 nitrogen and oxygen atoms in total. The molecule has 2 heterocycles. The highest BCUT2D eigenvalue weighted by atomic mass is 16.2. The SMILES string of the molecule is Cc1ccc2nccc(N3CCCC3C(=O)NC3CC3)c2c1. The van der Waals surface area contributed by atoms with Gasteiger partial charge in [0.15, 0.2) is 0 Å². The standard InChI is InChI=1S/C18H21N3O/c1-12-4-7-15-14(11-12)16(8-9-19-15)21-10-2-3-17(21)18(22)20-13-5-6-13/h4,7-9,11,13,17H,2-3,5-6,10H2,1H3,(H,20,22). The van der Waals surface area contributed by atoms with Crippen LogP contribution in [0.4, 0.5) is 5.69 Å². The number of hydrogen-bond donors (Lipinski definition) is 1. The summed E-state index contributed by atoms with van der Waals surface area (Å²) in [6.07, 6.45) is 6.12. The third kappa shape index (κ3) is 2.43. The molecule has 1 saturated carbocycles. The Morgan fingerprint density at radius 3 is 2.95 bits per heavy atom. The van der Waals surface area contributed by atoms with E-state index in [9.17, 15) is 4.79 Å². The van der Waals surface area contributed by atoms with E-state index in [0.29, 0.717) is 6.04 Å². The first-order chi connectivity index (χ1) is 10.7. The molecule has 114 valence electrons. The van der Waals surface area contributed by atoms with E-state index < -0.39 is 0 Å². The summed E-state index contributed by atoms with van der Waals surface area (Å²) >= 11 is 0. The van der Waals surface area contributed by atoms with Crippen LogP contribution in [0.5, 0.6) is 0 Å². The lowest BCUT2D eigenvalue weighted by Crippen LogP contribution is -2.44. The minimum absolute atomic E-state index is 0.0355. The van der Waals surface area contributed by atoms with Crippen LogP contribution in [-0.4, -0.2) is 29.5 Å². The molecular formula is C18H21N3O. The quantitative estimate of drug-likeness (QED) is 0.947. The lowest BCUT2D eigenvalue weighted by atomic mass is 10.1. The van der Waals surface area contributed by atoms with Crippen molar-refractivity contribution in [1.29, 1.82) is 0 Å². The first-order valence-electron chi connectivity index (χ1n) is 8.15. The molecule has 1 N–H and O–H groups in total. The molecule has 1 amide bonds. The predicted octanol–water partition coefficient (Wildman–Crippen LogP) is 2.79. The first-order valence-corrected chi connectivity index (χ1v) is 8.15. The van der Waals surface area contributed by atoms with Gasteiger partial charge in [0, 0.05) is 29.9 Å². The highest BCUT2D eigenvalue weighted by molar-refractivity contribution is 5.95. The first kappa shape index (κ1) is 13.6. The molecule has 2 aromatic rings. The van der Waals surface area contributed by atoms with Crippen LogP contribution in [0.1, 0.15) is 31.2 Å². The fourth-order valence-electron chi connectivity index (χ4n) is 3.35. The third-order valence-electron chi connectivity index (χ3n) is 4.66. The van der Waals surface area contributed by atoms with Gasteiger partial charge in [-0.2, -0.15) is 0 Å². The second-order valence-corrected chi connectivity index (χ2v) is 6.48. The number of nitrogens with zero attached hydrogens (tertiary/aromatic N) is 2. The summed E-state index contributed by atoms with van der Waals surface area (Å²) in [6.45, 7) is 3.04. The van der Waals surface area contributed by atoms with Gasteiger partial charge < -0.3 is 10.2 Å². The minimum atomic E-state index is -0.0355. The van der Waals surface area contributed by atoms with Crippen molar-refractivity contribution >= 4 is 22.5 Å². The highest BCUT2D eigenvalue weighted by Gasteiger charge is 2.34. The zero-order chi connectivity index (χ0) is 15.1. The smallest absolute Gasteiger partial charge is 0.242 e. The Labute approximate surface area is 130 Å². The number of aryl methyl sites for hydroxylation is 1. The number of amides is 1. The Morgan fingerprint density at radius 1 is 1.27 bits per heavy atom. The van der Waals surface area contributed by atoms with Gasteiger partial charge in [0.25, 0.3) is 0 Å². The maximum absolute atomic E-state index is 12.5. The zero-order valence-electron chi connectivity index (χ0n) is 12.9. The van der Waals surface area contributed by atoms with Crippen molar-refractivity contribution in [2.75, 3.05) is 11.4 Å². The summed E-state index contributed by atoms with van der Waals surface area (Å²) in [5, 5.41) is 4.31. The zero-order valence-corrected chi connectivity index (χ0v) is 12.9. The van der Waals surface area contributed by atoms with Crippen LogP contribution in [0.2, 0.25) is 0 Å². The molecule has 1 aromatic heterocycles. The third-order valence-corrected chi connectivity index (χ3v) is 4.66. The van der Waals surface area contributed by atoms with Crippen LogP contribution in [-0.2, 0) is 4.79 Å². The molecule has 1 aliphatic heterocycles. The molecule has 22 heavy (non-hydrogen) atoms. The molecular weight excluding hydrogens is 274 g/mol. The summed E-state index contributed by atoms with van der Waals surface area (Å²) in [7, 11) is 0.